The summed E-state index contributed by atoms with van der Waals surface area (Å²) in [4.78, 5) is 35.3. The number of Topliss-reactive ketones (excluding diaryl/α,β-unsaturated/α-hetero) is 1. The maximum Gasteiger partial charge on any atom is 0.337 e. The number of benzene rings is 2. The number of allylic oxidation sites excluding steroid dienone is 2. The van der Waals surface area contributed by atoms with Crippen LogP contribution in [0.4, 0.5) is 0 Å². The van der Waals surface area contributed by atoms with Crippen molar-refractivity contribution in [2.75, 3.05) is 14.2 Å². The summed E-state index contributed by atoms with van der Waals surface area (Å²) in [5, 5.41) is 10.9. The van der Waals surface area contributed by atoms with Gasteiger partial charge in [-0.05, 0) is 103 Å². The van der Waals surface area contributed by atoms with Gasteiger partial charge in [-0.2, -0.15) is 0 Å². The topological polar surface area (TPSA) is 89.9 Å². The lowest BCUT2D eigenvalue weighted by Crippen LogP contribution is -2.48. The molecule has 0 spiro atoms. The average molecular weight is 613 g/mol. The van der Waals surface area contributed by atoms with E-state index in [1.165, 1.54) is 25.3 Å². The third-order valence-electron chi connectivity index (χ3n) is 11.4. The fourth-order valence-corrected chi connectivity index (χ4v) is 8.80. The zero-order valence-corrected chi connectivity index (χ0v) is 27.5. The van der Waals surface area contributed by atoms with E-state index in [2.05, 4.69) is 57.2 Å². The first-order valence-corrected chi connectivity index (χ1v) is 16.6. The first kappa shape index (κ1) is 32.9. The highest BCUT2D eigenvalue weighted by Crippen LogP contribution is 2.54. The zero-order valence-electron chi connectivity index (χ0n) is 27.5. The highest BCUT2D eigenvalue weighted by atomic mass is 16.5. The molecule has 0 aliphatic heterocycles. The Morgan fingerprint density at radius 3 is 1.84 bits per heavy atom. The highest BCUT2D eigenvalue weighted by molar-refractivity contribution is 5.91. The van der Waals surface area contributed by atoms with Crippen molar-refractivity contribution in [3.05, 3.63) is 81.9 Å². The van der Waals surface area contributed by atoms with Gasteiger partial charge < -0.3 is 14.6 Å². The number of aliphatic hydroxyl groups is 1. The fourth-order valence-electron chi connectivity index (χ4n) is 8.80. The Morgan fingerprint density at radius 2 is 1.33 bits per heavy atom. The molecule has 0 radical (unpaired) electrons. The normalized spacial score (nSPS) is 29.2. The van der Waals surface area contributed by atoms with Gasteiger partial charge in [0.2, 0.25) is 0 Å². The molecular weight excluding hydrogens is 564 g/mol. The van der Waals surface area contributed by atoms with Crippen LogP contribution >= 0.6 is 0 Å². The van der Waals surface area contributed by atoms with Crippen LogP contribution in [-0.2, 0) is 25.1 Å². The van der Waals surface area contributed by atoms with Crippen molar-refractivity contribution in [1.82, 2.24) is 0 Å². The monoisotopic (exact) mass is 612 g/mol. The van der Waals surface area contributed by atoms with Crippen molar-refractivity contribution in [3.8, 4) is 0 Å². The predicted octanol–water partition coefficient (Wildman–Crippen LogP) is 8.00. The van der Waals surface area contributed by atoms with Gasteiger partial charge in [0.05, 0.1) is 30.9 Å². The molecule has 0 heterocycles. The Bertz CT molecular complexity index is 1520. The lowest BCUT2D eigenvalue weighted by molar-refractivity contribution is -0.122. The van der Waals surface area contributed by atoms with Crippen molar-refractivity contribution >= 4 is 29.9 Å². The van der Waals surface area contributed by atoms with E-state index in [-0.39, 0.29) is 22.8 Å². The summed E-state index contributed by atoms with van der Waals surface area (Å²) in [7, 11) is 2.81. The standard InChI is InChI=1S/C21H28O3.C18H20O3/c1-4-10-20(23)11-12-21(5-2)17(14-20)8-6-15-13-16(19(22)24-3)7-9-18(15)21;1-3-18-9-8-15(19)11-14(18)6-4-12-10-13(17(20)21-2)5-7-16(12)18/h6-9,13,17,23H,4-5,10-12,14H2,1-3H3;4-7,10,14H,3,8-9,11H2,1-2H3/t17-,20+,21+;14-,18+/m00/s1. The van der Waals surface area contributed by atoms with Gasteiger partial charge in [0, 0.05) is 23.7 Å². The predicted molar refractivity (Wildman–Crippen MR) is 177 cm³/mol. The van der Waals surface area contributed by atoms with Crippen molar-refractivity contribution in [3.63, 3.8) is 0 Å². The van der Waals surface area contributed by atoms with E-state index in [1.807, 2.05) is 24.3 Å². The summed E-state index contributed by atoms with van der Waals surface area (Å²) >= 11 is 0. The molecule has 6 rings (SSSR count). The van der Waals surface area contributed by atoms with Crippen LogP contribution < -0.4 is 0 Å². The number of carbonyl (C=O) groups is 3. The maximum absolute atomic E-state index is 11.8. The summed E-state index contributed by atoms with van der Waals surface area (Å²) in [6.45, 7) is 6.58. The molecule has 2 aromatic carbocycles. The third-order valence-corrected chi connectivity index (χ3v) is 11.4. The molecule has 4 aliphatic rings. The van der Waals surface area contributed by atoms with Crippen LogP contribution in [0.15, 0.2) is 48.6 Å². The largest absolute Gasteiger partial charge is 0.465 e. The second-order valence-electron chi connectivity index (χ2n) is 13.5. The van der Waals surface area contributed by atoms with Crippen molar-refractivity contribution in [1.29, 1.82) is 0 Å². The summed E-state index contributed by atoms with van der Waals surface area (Å²) < 4.78 is 9.64. The van der Waals surface area contributed by atoms with Gasteiger partial charge in [0.1, 0.15) is 5.78 Å². The Hall–Kier alpha value is -3.51. The minimum absolute atomic E-state index is 0.0483. The summed E-state index contributed by atoms with van der Waals surface area (Å²) in [5.41, 5.74) is 5.60. The van der Waals surface area contributed by atoms with E-state index in [1.54, 1.807) is 0 Å². The molecule has 0 bridgehead atoms. The minimum atomic E-state index is -0.522. The van der Waals surface area contributed by atoms with Gasteiger partial charge in [0.25, 0.3) is 0 Å². The molecule has 0 unspecified atom stereocenters. The summed E-state index contributed by atoms with van der Waals surface area (Å²) in [5.74, 6) is 0.422. The maximum atomic E-state index is 11.8. The van der Waals surface area contributed by atoms with Crippen LogP contribution in [0.1, 0.15) is 128 Å². The molecule has 45 heavy (non-hydrogen) atoms. The molecule has 0 saturated heterocycles. The Kier molecular flexibility index (Phi) is 9.55. The first-order valence-electron chi connectivity index (χ1n) is 16.6. The minimum Gasteiger partial charge on any atom is -0.465 e. The third kappa shape index (κ3) is 5.94. The molecule has 1 N–H and O–H groups in total. The molecular formula is C39H48O6. The smallest absolute Gasteiger partial charge is 0.337 e. The molecule has 6 heteroatoms. The number of ether oxygens (including phenoxy) is 2. The number of ketones is 1. The summed E-state index contributed by atoms with van der Waals surface area (Å²) in [6, 6.07) is 11.7. The number of esters is 2. The van der Waals surface area contributed by atoms with E-state index in [0.717, 1.165) is 62.5 Å². The average Bonchev–Trinajstić information content (AvgIpc) is 3.07. The Morgan fingerprint density at radius 1 is 0.800 bits per heavy atom. The van der Waals surface area contributed by atoms with Crippen molar-refractivity contribution < 1.29 is 29.0 Å². The van der Waals surface area contributed by atoms with E-state index in [9.17, 15) is 19.5 Å². The number of rotatable bonds is 6. The van der Waals surface area contributed by atoms with Gasteiger partial charge in [-0.1, -0.05) is 63.6 Å². The lowest BCUT2D eigenvalue weighted by Gasteiger charge is -2.51. The van der Waals surface area contributed by atoms with E-state index in [0.29, 0.717) is 41.6 Å². The Labute approximate surface area is 267 Å². The van der Waals surface area contributed by atoms with Gasteiger partial charge in [-0.3, -0.25) is 4.79 Å². The van der Waals surface area contributed by atoms with Crippen molar-refractivity contribution in [2.24, 2.45) is 11.8 Å². The van der Waals surface area contributed by atoms with E-state index < -0.39 is 5.60 Å². The summed E-state index contributed by atoms with van der Waals surface area (Å²) in [6.07, 6.45) is 17.5. The van der Waals surface area contributed by atoms with Gasteiger partial charge in [0.15, 0.2) is 0 Å². The highest BCUT2D eigenvalue weighted by Gasteiger charge is 2.49. The molecule has 0 aromatic heterocycles. The van der Waals surface area contributed by atoms with Crippen LogP contribution in [-0.4, -0.2) is 42.6 Å². The molecule has 2 aromatic rings. The molecule has 2 saturated carbocycles. The second-order valence-corrected chi connectivity index (χ2v) is 13.5. The Balaban J connectivity index is 0.000000179. The molecule has 6 nitrogen and oxygen atoms in total. The van der Waals surface area contributed by atoms with Gasteiger partial charge in [-0.25, -0.2) is 9.59 Å². The quantitative estimate of drug-likeness (QED) is 0.333. The fraction of sp³-hybridized carbons (Fsp3) is 0.513. The van der Waals surface area contributed by atoms with Crippen LogP contribution in [0.5, 0.6) is 0 Å². The number of fused-ring (bicyclic) bond motifs is 6. The second kappa shape index (κ2) is 13.1. The van der Waals surface area contributed by atoms with Crippen LogP contribution in [0.2, 0.25) is 0 Å². The molecule has 4 aliphatic carbocycles. The number of methoxy groups -OCH3 is 2. The van der Waals surface area contributed by atoms with Gasteiger partial charge >= 0.3 is 11.9 Å². The lowest BCUT2D eigenvalue weighted by atomic mass is 9.55. The van der Waals surface area contributed by atoms with E-state index in [4.69, 9.17) is 9.47 Å². The number of carbonyl (C=O) groups excluding carboxylic acids is 3. The van der Waals surface area contributed by atoms with Crippen LogP contribution in [0.25, 0.3) is 12.2 Å². The molecule has 240 valence electrons. The SMILES string of the molecule is CCC[C@@]1(O)CC[C@@]2(CC)c3ccc(C(=O)OC)cc3C=C[C@H]2C1.CC[C@@]12CCC(=O)C[C@@H]1C=Cc1cc(C(=O)OC)ccc12. The van der Waals surface area contributed by atoms with Crippen molar-refractivity contribution in [2.45, 2.75) is 101 Å². The molecule has 0 amide bonds. The van der Waals surface area contributed by atoms with Crippen LogP contribution in [0.3, 0.4) is 0 Å². The molecule has 2 fully saturated rings. The van der Waals surface area contributed by atoms with E-state index >= 15 is 0 Å². The first-order chi connectivity index (χ1) is 21.6. The molecule has 5 atom stereocenters. The number of hydrogen-bond donors (Lipinski definition) is 1. The zero-order chi connectivity index (χ0) is 32.4. The van der Waals surface area contributed by atoms with Crippen LogP contribution in [0, 0.1) is 11.8 Å². The van der Waals surface area contributed by atoms with Gasteiger partial charge in [-0.15, -0.1) is 0 Å². The number of hydrogen-bond acceptors (Lipinski definition) is 6.